The van der Waals surface area contributed by atoms with E-state index < -0.39 is 11.6 Å². The average Bonchev–Trinajstić information content (AvgIpc) is 3.60. The standard InChI is InChI=1S/C29H50O6/c1-4-6-7-10-13-24(3)28(32-20-21-33-28)18-16-25-17-19-29(34-22-23-35-29)26(25)14-11-8-9-12-15-27(30)31-5-2/h16,18,24-26H,4-15,17,19-23H2,1-3H3/t24?,25-,26+/m0/s1. The second-order valence-corrected chi connectivity index (χ2v) is 10.6. The summed E-state index contributed by atoms with van der Waals surface area (Å²) in [5.41, 5.74) is 0. The molecule has 35 heavy (non-hydrogen) atoms. The molecule has 0 radical (unpaired) electrons. The number of unbranched alkanes of at least 4 members (excludes halogenated alkanes) is 6. The lowest BCUT2D eigenvalue weighted by Gasteiger charge is -2.33. The van der Waals surface area contributed by atoms with E-state index in [1.54, 1.807) is 0 Å². The lowest BCUT2D eigenvalue weighted by Crippen LogP contribution is -2.37. The van der Waals surface area contributed by atoms with Crippen LogP contribution in [0, 0.1) is 17.8 Å². The van der Waals surface area contributed by atoms with E-state index in [9.17, 15) is 4.79 Å². The normalized spacial score (nSPS) is 26.1. The van der Waals surface area contributed by atoms with Crippen LogP contribution in [-0.2, 0) is 28.5 Å². The van der Waals surface area contributed by atoms with Gasteiger partial charge < -0.3 is 23.7 Å². The van der Waals surface area contributed by atoms with Gasteiger partial charge in [0.15, 0.2) is 11.6 Å². The van der Waals surface area contributed by atoms with Gasteiger partial charge in [0.25, 0.3) is 0 Å². The van der Waals surface area contributed by atoms with Crippen molar-refractivity contribution in [2.75, 3.05) is 33.0 Å². The van der Waals surface area contributed by atoms with Crippen LogP contribution in [0.25, 0.3) is 0 Å². The van der Waals surface area contributed by atoms with Gasteiger partial charge in [0.1, 0.15) is 0 Å². The Labute approximate surface area is 213 Å². The van der Waals surface area contributed by atoms with Crippen LogP contribution in [0.5, 0.6) is 0 Å². The molecule has 3 fully saturated rings. The highest BCUT2D eigenvalue weighted by Gasteiger charge is 2.52. The van der Waals surface area contributed by atoms with E-state index in [1.807, 2.05) is 6.92 Å². The molecule has 3 rings (SSSR count). The monoisotopic (exact) mass is 494 g/mol. The first-order valence-corrected chi connectivity index (χ1v) is 14.5. The van der Waals surface area contributed by atoms with Crippen molar-refractivity contribution in [1.82, 2.24) is 0 Å². The van der Waals surface area contributed by atoms with Crippen LogP contribution >= 0.6 is 0 Å². The average molecular weight is 495 g/mol. The van der Waals surface area contributed by atoms with Gasteiger partial charge in [0, 0.05) is 24.7 Å². The van der Waals surface area contributed by atoms with Gasteiger partial charge in [-0.15, -0.1) is 0 Å². The molecule has 6 heteroatoms. The smallest absolute Gasteiger partial charge is 0.305 e. The molecule has 0 aromatic heterocycles. The third kappa shape index (κ3) is 8.02. The van der Waals surface area contributed by atoms with Crippen molar-refractivity contribution in [3.63, 3.8) is 0 Å². The maximum atomic E-state index is 11.6. The molecule has 1 saturated carbocycles. The molecule has 202 valence electrons. The minimum atomic E-state index is -0.586. The van der Waals surface area contributed by atoms with Crippen LogP contribution in [-0.4, -0.2) is 50.6 Å². The first kappa shape index (κ1) is 28.6. The summed E-state index contributed by atoms with van der Waals surface area (Å²) in [7, 11) is 0. The van der Waals surface area contributed by atoms with Crippen LogP contribution in [0.15, 0.2) is 12.2 Å². The van der Waals surface area contributed by atoms with Crippen molar-refractivity contribution in [2.24, 2.45) is 17.8 Å². The molecular formula is C29H50O6. The number of carbonyl (C=O) groups excluding carboxylic acids is 1. The third-order valence-electron chi connectivity index (χ3n) is 8.13. The second kappa shape index (κ2) is 14.7. The van der Waals surface area contributed by atoms with Gasteiger partial charge in [-0.2, -0.15) is 0 Å². The maximum Gasteiger partial charge on any atom is 0.305 e. The topological polar surface area (TPSA) is 63.2 Å². The zero-order valence-corrected chi connectivity index (χ0v) is 22.6. The van der Waals surface area contributed by atoms with Gasteiger partial charge in [-0.3, -0.25) is 4.79 Å². The van der Waals surface area contributed by atoms with E-state index in [0.29, 0.717) is 57.2 Å². The molecule has 6 nitrogen and oxygen atoms in total. The van der Waals surface area contributed by atoms with Crippen molar-refractivity contribution < 1.29 is 28.5 Å². The van der Waals surface area contributed by atoms with Crippen LogP contribution in [0.4, 0.5) is 0 Å². The van der Waals surface area contributed by atoms with Gasteiger partial charge in [0.2, 0.25) is 0 Å². The van der Waals surface area contributed by atoms with Gasteiger partial charge >= 0.3 is 5.97 Å². The van der Waals surface area contributed by atoms with Crippen LogP contribution in [0.1, 0.15) is 104 Å². The lowest BCUT2D eigenvalue weighted by atomic mass is 9.85. The molecule has 0 N–H and O–H groups in total. The minimum absolute atomic E-state index is 0.0786. The number of rotatable bonds is 16. The fraction of sp³-hybridized carbons (Fsp3) is 0.897. The molecule has 0 bridgehead atoms. The largest absolute Gasteiger partial charge is 0.466 e. The molecule has 0 aromatic carbocycles. The predicted molar refractivity (Wildman–Crippen MR) is 137 cm³/mol. The predicted octanol–water partition coefficient (Wildman–Crippen LogP) is 6.57. The van der Waals surface area contributed by atoms with Gasteiger partial charge in [0.05, 0.1) is 33.0 Å². The molecule has 3 aliphatic rings. The summed E-state index contributed by atoms with van der Waals surface area (Å²) in [6.45, 7) is 9.56. The number of esters is 1. The van der Waals surface area contributed by atoms with Crippen LogP contribution in [0.3, 0.4) is 0 Å². The fourth-order valence-corrected chi connectivity index (χ4v) is 6.12. The van der Waals surface area contributed by atoms with E-state index in [-0.39, 0.29) is 5.97 Å². The Morgan fingerprint density at radius 2 is 1.63 bits per heavy atom. The number of ether oxygens (including phenoxy) is 5. The maximum absolute atomic E-state index is 11.6. The Bertz CT molecular complexity index is 635. The highest BCUT2D eigenvalue weighted by Crippen LogP contribution is 2.49. The highest BCUT2D eigenvalue weighted by molar-refractivity contribution is 5.69. The summed E-state index contributed by atoms with van der Waals surface area (Å²) in [6, 6.07) is 0. The van der Waals surface area contributed by atoms with E-state index in [4.69, 9.17) is 23.7 Å². The molecule has 3 atom stereocenters. The summed E-state index contributed by atoms with van der Waals surface area (Å²) in [5, 5.41) is 0. The molecule has 2 heterocycles. The summed E-state index contributed by atoms with van der Waals surface area (Å²) in [5.74, 6) is 0.0115. The number of hydrogen-bond donors (Lipinski definition) is 0. The molecule has 1 unspecified atom stereocenters. The number of allylic oxidation sites excluding steroid dienone is 1. The highest BCUT2D eigenvalue weighted by atomic mass is 16.7. The third-order valence-corrected chi connectivity index (χ3v) is 8.13. The summed E-state index contributed by atoms with van der Waals surface area (Å²) >= 11 is 0. The molecule has 1 spiro atoms. The molecule has 1 aliphatic carbocycles. The SMILES string of the molecule is CCCCCCC(C)C1(C=C[C@H]2CCC3(OCCO3)[C@@H]2CCCCCCC(=O)OCC)OCCO1. The minimum Gasteiger partial charge on any atom is -0.466 e. The Morgan fingerprint density at radius 3 is 2.34 bits per heavy atom. The molecule has 0 amide bonds. The lowest BCUT2D eigenvalue weighted by molar-refractivity contribution is -0.186. The van der Waals surface area contributed by atoms with E-state index >= 15 is 0 Å². The molecular weight excluding hydrogens is 444 g/mol. The summed E-state index contributed by atoms with van der Waals surface area (Å²) in [4.78, 5) is 11.6. The Hall–Kier alpha value is -0.950. The summed E-state index contributed by atoms with van der Waals surface area (Å²) < 4.78 is 29.9. The molecule has 0 aromatic rings. The molecule has 2 aliphatic heterocycles. The Kier molecular flexibility index (Phi) is 12.0. The quantitative estimate of drug-likeness (QED) is 0.137. The van der Waals surface area contributed by atoms with Crippen molar-refractivity contribution in [3.05, 3.63) is 12.2 Å². The van der Waals surface area contributed by atoms with Crippen molar-refractivity contribution in [1.29, 1.82) is 0 Å². The van der Waals surface area contributed by atoms with Crippen molar-refractivity contribution >= 4 is 5.97 Å². The first-order valence-electron chi connectivity index (χ1n) is 14.5. The van der Waals surface area contributed by atoms with E-state index in [0.717, 1.165) is 51.4 Å². The van der Waals surface area contributed by atoms with Crippen molar-refractivity contribution in [3.8, 4) is 0 Å². The summed E-state index contributed by atoms with van der Waals surface area (Å²) in [6.07, 6.45) is 18.6. The van der Waals surface area contributed by atoms with E-state index in [2.05, 4.69) is 26.0 Å². The number of carbonyl (C=O) groups is 1. The van der Waals surface area contributed by atoms with E-state index in [1.165, 1.54) is 25.7 Å². The zero-order valence-electron chi connectivity index (χ0n) is 22.6. The number of hydrogen-bond acceptors (Lipinski definition) is 6. The Balaban J connectivity index is 1.55. The molecule has 2 saturated heterocycles. The fourth-order valence-electron chi connectivity index (χ4n) is 6.12. The van der Waals surface area contributed by atoms with Crippen LogP contribution in [0.2, 0.25) is 0 Å². The van der Waals surface area contributed by atoms with Crippen molar-refractivity contribution in [2.45, 2.75) is 116 Å². The van der Waals surface area contributed by atoms with Gasteiger partial charge in [-0.1, -0.05) is 64.9 Å². The first-order chi connectivity index (χ1) is 17.1. The zero-order chi connectivity index (χ0) is 25.0. The van der Waals surface area contributed by atoms with Gasteiger partial charge in [-0.25, -0.2) is 0 Å². The second-order valence-electron chi connectivity index (χ2n) is 10.6. The van der Waals surface area contributed by atoms with Gasteiger partial charge in [-0.05, 0) is 44.6 Å². The Morgan fingerprint density at radius 1 is 0.943 bits per heavy atom. The van der Waals surface area contributed by atoms with Crippen LogP contribution < -0.4 is 0 Å².